The molecule has 1 aliphatic heterocycles. The Labute approximate surface area is 180 Å². The number of hydrogen-bond donors (Lipinski definition) is 0. The van der Waals surface area contributed by atoms with Gasteiger partial charge in [0, 0.05) is 5.56 Å². The summed E-state index contributed by atoms with van der Waals surface area (Å²) in [4.78, 5) is 16.8. The maximum atomic E-state index is 12.4. The van der Waals surface area contributed by atoms with Gasteiger partial charge in [0.15, 0.2) is 5.70 Å². The zero-order chi connectivity index (χ0) is 21.0. The summed E-state index contributed by atoms with van der Waals surface area (Å²) in [6, 6.07) is 31.5. The highest BCUT2D eigenvalue weighted by Crippen LogP contribution is 2.23. The fourth-order valence-electron chi connectivity index (χ4n) is 3.45. The number of esters is 1. The van der Waals surface area contributed by atoms with E-state index in [-0.39, 0.29) is 5.70 Å². The monoisotopic (exact) mass is 405 g/mol. The number of hydrogen-bond acceptors (Lipinski definition) is 4. The quantitative estimate of drug-likeness (QED) is 0.313. The van der Waals surface area contributed by atoms with E-state index in [1.807, 2.05) is 97.1 Å². The number of aliphatic imine (C=N–C) groups is 1. The van der Waals surface area contributed by atoms with Crippen LogP contribution in [0, 0.1) is 0 Å². The number of benzene rings is 4. The molecular weight excluding hydrogens is 386 g/mol. The minimum Gasteiger partial charge on any atom is -0.489 e. The molecule has 0 atom stereocenters. The van der Waals surface area contributed by atoms with Crippen LogP contribution < -0.4 is 4.74 Å². The highest BCUT2D eigenvalue weighted by atomic mass is 16.6. The smallest absolute Gasteiger partial charge is 0.363 e. The zero-order valence-electron chi connectivity index (χ0n) is 16.7. The molecule has 0 radical (unpaired) electrons. The van der Waals surface area contributed by atoms with E-state index in [1.54, 1.807) is 6.08 Å². The largest absolute Gasteiger partial charge is 0.489 e. The van der Waals surface area contributed by atoms with Crippen molar-refractivity contribution < 1.29 is 14.3 Å². The van der Waals surface area contributed by atoms with E-state index in [1.165, 1.54) is 0 Å². The van der Waals surface area contributed by atoms with Crippen LogP contribution in [-0.4, -0.2) is 11.9 Å². The third kappa shape index (κ3) is 4.23. The number of carbonyl (C=O) groups excluding carboxylic acids is 1. The van der Waals surface area contributed by atoms with Crippen molar-refractivity contribution in [2.45, 2.75) is 6.61 Å². The molecule has 0 unspecified atom stereocenters. The van der Waals surface area contributed by atoms with Crippen LogP contribution in [0.2, 0.25) is 0 Å². The molecule has 0 aromatic heterocycles. The van der Waals surface area contributed by atoms with Gasteiger partial charge in [0.25, 0.3) is 0 Å². The van der Waals surface area contributed by atoms with Crippen LogP contribution in [0.3, 0.4) is 0 Å². The molecule has 0 aliphatic carbocycles. The van der Waals surface area contributed by atoms with Crippen LogP contribution in [0.25, 0.3) is 16.8 Å². The average molecular weight is 405 g/mol. The van der Waals surface area contributed by atoms with E-state index in [0.29, 0.717) is 12.5 Å². The molecule has 4 aromatic carbocycles. The predicted molar refractivity (Wildman–Crippen MR) is 122 cm³/mol. The van der Waals surface area contributed by atoms with Gasteiger partial charge < -0.3 is 9.47 Å². The van der Waals surface area contributed by atoms with Crippen molar-refractivity contribution in [3.8, 4) is 5.75 Å². The van der Waals surface area contributed by atoms with Crippen molar-refractivity contribution in [3.05, 3.63) is 119 Å². The average Bonchev–Trinajstić information content (AvgIpc) is 3.18. The number of fused-ring (bicyclic) bond motifs is 1. The SMILES string of the molecule is O=C1OC(c2ccc3ccccc3c2)=N/C1=C/c1cccc(OCc2ccccc2)c1. The maximum absolute atomic E-state index is 12.4. The molecule has 4 aromatic rings. The lowest BCUT2D eigenvalue weighted by Crippen LogP contribution is -2.05. The standard InChI is InChI=1S/C27H19NO3/c29-27-25(28-26(31-27)23-14-13-21-10-4-5-11-22(21)17-23)16-20-9-6-12-24(15-20)30-18-19-7-2-1-3-8-19/h1-17H,18H2/b25-16+. The molecule has 4 nitrogen and oxygen atoms in total. The summed E-state index contributed by atoms with van der Waals surface area (Å²) in [5, 5.41) is 2.19. The Hall–Kier alpha value is -4.18. The summed E-state index contributed by atoms with van der Waals surface area (Å²) in [5.74, 6) is 0.584. The molecule has 31 heavy (non-hydrogen) atoms. The number of rotatable bonds is 5. The Morgan fingerprint density at radius 3 is 2.48 bits per heavy atom. The second-order valence-corrected chi connectivity index (χ2v) is 7.24. The van der Waals surface area contributed by atoms with E-state index in [0.717, 1.165) is 33.2 Å². The molecule has 0 fully saturated rings. The molecule has 0 spiro atoms. The third-order valence-corrected chi connectivity index (χ3v) is 5.03. The van der Waals surface area contributed by atoms with Crippen LogP contribution in [-0.2, 0) is 16.1 Å². The predicted octanol–water partition coefficient (Wildman–Crippen LogP) is 5.76. The lowest BCUT2D eigenvalue weighted by Gasteiger charge is -2.07. The van der Waals surface area contributed by atoms with Crippen molar-refractivity contribution >= 4 is 28.7 Å². The zero-order valence-corrected chi connectivity index (χ0v) is 16.7. The normalized spacial score (nSPS) is 14.5. The van der Waals surface area contributed by atoms with E-state index in [2.05, 4.69) is 4.99 Å². The fourth-order valence-corrected chi connectivity index (χ4v) is 3.45. The lowest BCUT2D eigenvalue weighted by atomic mass is 10.1. The molecule has 5 rings (SSSR count). The van der Waals surface area contributed by atoms with Crippen LogP contribution in [0.15, 0.2) is 108 Å². The van der Waals surface area contributed by atoms with Crippen molar-refractivity contribution in [2.24, 2.45) is 4.99 Å². The summed E-state index contributed by atoms with van der Waals surface area (Å²) in [5.41, 5.74) is 2.95. The van der Waals surface area contributed by atoms with Crippen LogP contribution >= 0.6 is 0 Å². The molecule has 150 valence electrons. The molecule has 1 aliphatic rings. The van der Waals surface area contributed by atoms with Gasteiger partial charge in [-0.05, 0) is 52.2 Å². The van der Waals surface area contributed by atoms with Crippen LogP contribution in [0.4, 0.5) is 0 Å². The van der Waals surface area contributed by atoms with Gasteiger partial charge in [0.05, 0.1) is 0 Å². The molecule has 0 saturated carbocycles. The Morgan fingerprint density at radius 1 is 0.806 bits per heavy atom. The molecule has 4 heteroatoms. The Bertz CT molecular complexity index is 1320. The highest BCUT2D eigenvalue weighted by Gasteiger charge is 2.24. The lowest BCUT2D eigenvalue weighted by molar-refractivity contribution is -0.129. The number of cyclic esters (lactones) is 1. The minimum atomic E-state index is -0.459. The summed E-state index contributed by atoms with van der Waals surface area (Å²) in [6.07, 6.45) is 1.71. The first-order valence-corrected chi connectivity index (χ1v) is 10.0. The molecule has 0 bridgehead atoms. The summed E-state index contributed by atoms with van der Waals surface area (Å²) < 4.78 is 11.3. The maximum Gasteiger partial charge on any atom is 0.363 e. The van der Waals surface area contributed by atoms with Gasteiger partial charge in [-0.25, -0.2) is 9.79 Å². The van der Waals surface area contributed by atoms with E-state index >= 15 is 0 Å². The Kier molecular flexibility index (Phi) is 5.03. The van der Waals surface area contributed by atoms with E-state index in [9.17, 15) is 4.79 Å². The molecule has 1 heterocycles. The van der Waals surface area contributed by atoms with Gasteiger partial charge in [-0.2, -0.15) is 0 Å². The summed E-state index contributed by atoms with van der Waals surface area (Å²) in [7, 11) is 0. The topological polar surface area (TPSA) is 47.9 Å². The number of carbonyl (C=O) groups is 1. The van der Waals surface area contributed by atoms with Gasteiger partial charge in [-0.15, -0.1) is 0 Å². The van der Waals surface area contributed by atoms with E-state index < -0.39 is 5.97 Å². The molecule has 0 N–H and O–H groups in total. The van der Waals surface area contributed by atoms with Gasteiger partial charge in [-0.3, -0.25) is 0 Å². The second kappa shape index (κ2) is 8.28. The van der Waals surface area contributed by atoms with Crippen molar-refractivity contribution in [1.82, 2.24) is 0 Å². The second-order valence-electron chi connectivity index (χ2n) is 7.24. The first-order chi connectivity index (χ1) is 15.2. The molecule has 0 amide bonds. The van der Waals surface area contributed by atoms with Gasteiger partial charge in [0.1, 0.15) is 12.4 Å². The minimum absolute atomic E-state index is 0.267. The Balaban J connectivity index is 1.37. The van der Waals surface area contributed by atoms with Crippen molar-refractivity contribution in [2.75, 3.05) is 0 Å². The molecular formula is C27H19NO3. The summed E-state index contributed by atoms with van der Waals surface area (Å²) in [6.45, 7) is 0.479. The number of nitrogens with zero attached hydrogens (tertiary/aromatic N) is 1. The van der Waals surface area contributed by atoms with Gasteiger partial charge in [0.2, 0.25) is 5.90 Å². The number of ether oxygens (including phenoxy) is 2. The third-order valence-electron chi connectivity index (χ3n) is 5.03. The fraction of sp³-hybridized carbons (Fsp3) is 0.0370. The Morgan fingerprint density at radius 2 is 1.61 bits per heavy atom. The highest BCUT2D eigenvalue weighted by molar-refractivity contribution is 6.13. The van der Waals surface area contributed by atoms with E-state index in [4.69, 9.17) is 9.47 Å². The summed E-state index contributed by atoms with van der Waals surface area (Å²) >= 11 is 0. The van der Waals surface area contributed by atoms with Gasteiger partial charge >= 0.3 is 5.97 Å². The first kappa shape index (κ1) is 18.8. The van der Waals surface area contributed by atoms with Crippen LogP contribution in [0.5, 0.6) is 5.75 Å². The van der Waals surface area contributed by atoms with Crippen molar-refractivity contribution in [1.29, 1.82) is 0 Å². The van der Waals surface area contributed by atoms with Gasteiger partial charge in [-0.1, -0.05) is 72.8 Å². The van der Waals surface area contributed by atoms with Crippen LogP contribution in [0.1, 0.15) is 16.7 Å². The van der Waals surface area contributed by atoms with Crippen molar-refractivity contribution in [3.63, 3.8) is 0 Å². The molecule has 0 saturated heterocycles. The first-order valence-electron chi connectivity index (χ1n) is 10.0.